The van der Waals surface area contributed by atoms with E-state index >= 15 is 0 Å². The smallest absolute Gasteiger partial charge is 0.251 e. The van der Waals surface area contributed by atoms with Gasteiger partial charge in [-0.2, -0.15) is 0 Å². The van der Waals surface area contributed by atoms with Crippen molar-refractivity contribution in [1.29, 1.82) is 0 Å². The first kappa shape index (κ1) is 14.0. The summed E-state index contributed by atoms with van der Waals surface area (Å²) in [7, 11) is 0. The maximum Gasteiger partial charge on any atom is 0.251 e. The number of rotatable bonds is 5. The predicted molar refractivity (Wildman–Crippen MR) is 68.4 cm³/mol. The molecular formula is C12H17NO3S. The van der Waals surface area contributed by atoms with Gasteiger partial charge < -0.3 is 15.5 Å². The summed E-state index contributed by atoms with van der Waals surface area (Å²) in [6.45, 7) is 1.19. The lowest BCUT2D eigenvalue weighted by molar-refractivity contribution is 0.0653. The van der Waals surface area contributed by atoms with Gasteiger partial charge in [-0.05, 0) is 24.6 Å². The largest absolute Gasteiger partial charge is 0.394 e. The Morgan fingerprint density at radius 3 is 2.53 bits per heavy atom. The molecule has 5 heteroatoms. The number of hydrogen-bond acceptors (Lipinski definition) is 4. The Bertz CT molecular complexity index is 383. The molecule has 1 amide bonds. The van der Waals surface area contributed by atoms with E-state index < -0.39 is 5.54 Å². The zero-order chi connectivity index (χ0) is 12.9. The van der Waals surface area contributed by atoms with Crippen LogP contribution in [0.4, 0.5) is 0 Å². The lowest BCUT2D eigenvalue weighted by Gasteiger charge is -2.29. The van der Waals surface area contributed by atoms with Crippen molar-refractivity contribution in [1.82, 2.24) is 5.32 Å². The molecule has 0 spiro atoms. The van der Waals surface area contributed by atoms with E-state index in [1.807, 2.05) is 0 Å². The van der Waals surface area contributed by atoms with E-state index in [2.05, 4.69) is 17.9 Å². The second-order valence-corrected chi connectivity index (χ2v) is 4.47. The lowest BCUT2D eigenvalue weighted by Crippen LogP contribution is -2.53. The minimum Gasteiger partial charge on any atom is -0.394 e. The fraction of sp³-hybridized carbons (Fsp3) is 0.417. The normalized spacial score (nSPS) is 11.3. The minimum atomic E-state index is -0.969. The van der Waals surface area contributed by atoms with Crippen molar-refractivity contribution in [2.45, 2.75) is 23.8 Å². The number of aliphatic hydroxyl groups is 2. The van der Waals surface area contributed by atoms with E-state index in [1.54, 1.807) is 31.2 Å². The van der Waals surface area contributed by atoms with Crippen molar-refractivity contribution >= 4 is 18.5 Å². The molecule has 0 saturated heterocycles. The molecule has 94 valence electrons. The van der Waals surface area contributed by atoms with Crippen LogP contribution in [0.2, 0.25) is 0 Å². The van der Waals surface area contributed by atoms with Gasteiger partial charge in [-0.15, -0.1) is 12.6 Å². The van der Waals surface area contributed by atoms with Gasteiger partial charge in [0.2, 0.25) is 0 Å². The average molecular weight is 255 g/mol. The lowest BCUT2D eigenvalue weighted by atomic mass is 9.98. The number of nitrogens with one attached hydrogen (secondary N) is 1. The highest BCUT2D eigenvalue weighted by molar-refractivity contribution is 7.80. The maximum atomic E-state index is 11.9. The summed E-state index contributed by atoms with van der Waals surface area (Å²) in [5.74, 6) is -0.328. The topological polar surface area (TPSA) is 69.6 Å². The summed E-state index contributed by atoms with van der Waals surface area (Å²) < 4.78 is 0. The van der Waals surface area contributed by atoms with Gasteiger partial charge in [0, 0.05) is 10.5 Å². The van der Waals surface area contributed by atoms with Crippen LogP contribution in [0.15, 0.2) is 29.2 Å². The molecule has 17 heavy (non-hydrogen) atoms. The number of carbonyl (C=O) groups excluding carboxylic acids is 1. The zero-order valence-electron chi connectivity index (χ0n) is 9.68. The van der Waals surface area contributed by atoms with Crippen LogP contribution in [-0.2, 0) is 0 Å². The molecule has 1 aromatic rings. The first-order valence-corrected chi connectivity index (χ1v) is 5.85. The molecule has 0 aliphatic carbocycles. The van der Waals surface area contributed by atoms with E-state index in [-0.39, 0.29) is 19.1 Å². The third kappa shape index (κ3) is 3.46. The highest BCUT2D eigenvalue weighted by Gasteiger charge is 2.28. The second-order valence-electron chi connectivity index (χ2n) is 3.95. The molecule has 0 radical (unpaired) electrons. The average Bonchev–Trinajstić information content (AvgIpc) is 2.36. The molecule has 3 N–H and O–H groups in total. The second kappa shape index (κ2) is 6.05. The molecular weight excluding hydrogens is 238 g/mol. The predicted octanol–water partition coefficient (Wildman–Crippen LogP) is 0.839. The van der Waals surface area contributed by atoms with Gasteiger partial charge in [-0.1, -0.05) is 13.0 Å². The monoisotopic (exact) mass is 255 g/mol. The van der Waals surface area contributed by atoms with Gasteiger partial charge in [0.25, 0.3) is 5.91 Å². The third-order valence-corrected chi connectivity index (χ3v) is 3.05. The number of amides is 1. The molecule has 0 fully saturated rings. The van der Waals surface area contributed by atoms with Crippen LogP contribution in [0.1, 0.15) is 23.7 Å². The highest BCUT2D eigenvalue weighted by atomic mass is 32.1. The van der Waals surface area contributed by atoms with Crippen LogP contribution in [0.25, 0.3) is 0 Å². The van der Waals surface area contributed by atoms with Crippen LogP contribution < -0.4 is 5.32 Å². The Labute approximate surface area is 106 Å². The highest BCUT2D eigenvalue weighted by Crippen LogP contribution is 2.13. The van der Waals surface area contributed by atoms with Crippen molar-refractivity contribution in [2.75, 3.05) is 13.2 Å². The van der Waals surface area contributed by atoms with Crippen LogP contribution >= 0.6 is 12.6 Å². The molecule has 0 heterocycles. The van der Waals surface area contributed by atoms with E-state index in [1.165, 1.54) is 0 Å². The van der Waals surface area contributed by atoms with Gasteiger partial charge >= 0.3 is 0 Å². The molecule has 0 unspecified atom stereocenters. The van der Waals surface area contributed by atoms with Crippen molar-refractivity contribution in [3.8, 4) is 0 Å². The van der Waals surface area contributed by atoms with Gasteiger partial charge in [-0.25, -0.2) is 0 Å². The van der Waals surface area contributed by atoms with Crippen LogP contribution in [0.5, 0.6) is 0 Å². The number of thiol groups is 1. The fourth-order valence-corrected chi connectivity index (χ4v) is 1.63. The molecule has 0 bridgehead atoms. The first-order chi connectivity index (χ1) is 8.06. The number of hydrogen-bond donors (Lipinski definition) is 4. The molecule has 0 aromatic heterocycles. The molecule has 1 aromatic carbocycles. The summed E-state index contributed by atoms with van der Waals surface area (Å²) in [6.07, 6.45) is 0.451. The van der Waals surface area contributed by atoms with E-state index in [0.717, 1.165) is 0 Å². The fourth-order valence-electron chi connectivity index (χ4n) is 1.40. The molecule has 4 nitrogen and oxygen atoms in total. The summed E-state index contributed by atoms with van der Waals surface area (Å²) in [5, 5.41) is 21.1. The minimum absolute atomic E-state index is 0.299. The molecule has 0 atom stereocenters. The van der Waals surface area contributed by atoms with Gasteiger partial charge in [0.15, 0.2) is 0 Å². The van der Waals surface area contributed by atoms with Gasteiger partial charge in [0.1, 0.15) is 0 Å². The quantitative estimate of drug-likeness (QED) is 0.589. The van der Waals surface area contributed by atoms with Crippen LogP contribution in [0, 0.1) is 0 Å². The number of aliphatic hydroxyl groups excluding tert-OH is 2. The van der Waals surface area contributed by atoms with Crippen molar-refractivity contribution in [3.63, 3.8) is 0 Å². The number of benzene rings is 1. The summed E-state index contributed by atoms with van der Waals surface area (Å²) in [4.78, 5) is 12.6. The molecule has 0 aliphatic rings. The molecule has 1 rings (SSSR count). The summed E-state index contributed by atoms with van der Waals surface area (Å²) in [5.41, 5.74) is -0.513. The summed E-state index contributed by atoms with van der Waals surface area (Å²) >= 11 is 4.15. The maximum absolute atomic E-state index is 11.9. The van der Waals surface area contributed by atoms with E-state index in [4.69, 9.17) is 0 Å². The number of carbonyl (C=O) groups is 1. The van der Waals surface area contributed by atoms with Crippen molar-refractivity contribution < 1.29 is 15.0 Å². The standard InChI is InChI=1S/C12H17NO3S/c1-2-12(7-14,8-15)13-11(16)9-4-3-5-10(17)6-9/h3-6,14-15,17H,2,7-8H2,1H3,(H,13,16). The van der Waals surface area contributed by atoms with Gasteiger partial charge in [0.05, 0.1) is 18.8 Å². The third-order valence-electron chi connectivity index (χ3n) is 2.77. The Balaban J connectivity index is 2.84. The van der Waals surface area contributed by atoms with Crippen molar-refractivity contribution in [3.05, 3.63) is 29.8 Å². The van der Waals surface area contributed by atoms with E-state index in [9.17, 15) is 15.0 Å². The molecule has 0 saturated carbocycles. The first-order valence-electron chi connectivity index (χ1n) is 5.40. The SMILES string of the molecule is CCC(CO)(CO)NC(=O)c1cccc(S)c1. The summed E-state index contributed by atoms with van der Waals surface area (Å²) in [6, 6.07) is 6.78. The Kier molecular flexibility index (Phi) is 4.99. The van der Waals surface area contributed by atoms with Crippen LogP contribution in [0.3, 0.4) is 0 Å². The Hall–Kier alpha value is -1.04. The Morgan fingerprint density at radius 2 is 2.06 bits per heavy atom. The van der Waals surface area contributed by atoms with Crippen molar-refractivity contribution in [2.24, 2.45) is 0 Å². The van der Waals surface area contributed by atoms with Gasteiger partial charge in [-0.3, -0.25) is 4.79 Å². The van der Waals surface area contributed by atoms with E-state index in [0.29, 0.717) is 16.9 Å². The molecule has 0 aliphatic heterocycles. The Morgan fingerprint density at radius 1 is 1.41 bits per heavy atom. The zero-order valence-corrected chi connectivity index (χ0v) is 10.6. The van der Waals surface area contributed by atoms with Crippen LogP contribution in [-0.4, -0.2) is 34.9 Å².